The van der Waals surface area contributed by atoms with Crippen molar-refractivity contribution >= 4 is 21.4 Å². The van der Waals surface area contributed by atoms with Crippen molar-refractivity contribution in [2.24, 2.45) is 0 Å². The van der Waals surface area contributed by atoms with Gasteiger partial charge in [0.15, 0.2) is 5.82 Å². The van der Waals surface area contributed by atoms with Crippen LogP contribution in [-0.4, -0.2) is 21.4 Å². The Morgan fingerprint density at radius 3 is 2.73 bits per heavy atom. The highest BCUT2D eigenvalue weighted by atomic mass is 32.1. The van der Waals surface area contributed by atoms with Crippen molar-refractivity contribution in [1.29, 1.82) is 0 Å². The molecule has 128 valence electrons. The van der Waals surface area contributed by atoms with Crippen molar-refractivity contribution in [2.45, 2.75) is 19.5 Å². The minimum Gasteiger partial charge on any atom is -0.293 e. The van der Waals surface area contributed by atoms with Gasteiger partial charge >= 0.3 is 0 Å². The van der Waals surface area contributed by atoms with E-state index in [-0.39, 0.29) is 0 Å². The number of fused-ring (bicyclic) bond motifs is 2. The van der Waals surface area contributed by atoms with Crippen LogP contribution in [0.15, 0.2) is 66.9 Å². The molecular formula is C22H19N3S. The van der Waals surface area contributed by atoms with E-state index in [0.717, 1.165) is 37.4 Å². The van der Waals surface area contributed by atoms with Crippen LogP contribution in [0.5, 0.6) is 0 Å². The summed E-state index contributed by atoms with van der Waals surface area (Å²) >= 11 is 1.90. The highest BCUT2D eigenvalue weighted by molar-refractivity contribution is 7.19. The average molecular weight is 357 g/mol. The van der Waals surface area contributed by atoms with E-state index in [0.29, 0.717) is 0 Å². The smallest absolute Gasteiger partial charge is 0.159 e. The van der Waals surface area contributed by atoms with Crippen LogP contribution < -0.4 is 0 Å². The molecule has 0 N–H and O–H groups in total. The first-order valence-corrected chi connectivity index (χ1v) is 9.77. The van der Waals surface area contributed by atoms with Gasteiger partial charge in [-0.05, 0) is 17.5 Å². The van der Waals surface area contributed by atoms with Gasteiger partial charge in [0.2, 0.25) is 0 Å². The van der Waals surface area contributed by atoms with Crippen LogP contribution in [-0.2, 0) is 19.5 Å². The van der Waals surface area contributed by atoms with E-state index < -0.39 is 0 Å². The first-order valence-electron chi connectivity index (χ1n) is 8.95. The minimum atomic E-state index is 0.835. The van der Waals surface area contributed by atoms with Gasteiger partial charge in [-0.2, -0.15) is 0 Å². The topological polar surface area (TPSA) is 29.0 Å². The SMILES string of the molecule is c1ccc(-c2ncc3c(n2)CCN(Cc2cc4ccccc4s2)C3)cc1. The van der Waals surface area contributed by atoms with Crippen LogP contribution in [0.2, 0.25) is 0 Å². The normalized spacial score (nSPS) is 14.5. The molecule has 3 nitrogen and oxygen atoms in total. The number of hydrogen-bond acceptors (Lipinski definition) is 4. The maximum atomic E-state index is 4.82. The summed E-state index contributed by atoms with van der Waals surface area (Å²) in [5.74, 6) is 0.835. The third-order valence-electron chi connectivity index (χ3n) is 4.90. The monoisotopic (exact) mass is 357 g/mol. The summed E-state index contributed by atoms with van der Waals surface area (Å²) in [7, 11) is 0. The highest BCUT2D eigenvalue weighted by Crippen LogP contribution is 2.28. The van der Waals surface area contributed by atoms with E-state index in [2.05, 4.69) is 52.3 Å². The summed E-state index contributed by atoms with van der Waals surface area (Å²) in [5.41, 5.74) is 3.55. The lowest BCUT2D eigenvalue weighted by atomic mass is 10.1. The third kappa shape index (κ3) is 3.02. The number of thiophene rings is 1. The Morgan fingerprint density at radius 1 is 1.00 bits per heavy atom. The van der Waals surface area contributed by atoms with Crippen LogP contribution in [0.1, 0.15) is 16.1 Å². The van der Waals surface area contributed by atoms with Gasteiger partial charge in [0.05, 0.1) is 5.69 Å². The molecule has 1 aliphatic heterocycles. The molecule has 1 aliphatic rings. The minimum absolute atomic E-state index is 0.835. The van der Waals surface area contributed by atoms with Gasteiger partial charge in [-0.3, -0.25) is 4.90 Å². The molecule has 4 heteroatoms. The number of benzene rings is 2. The quantitative estimate of drug-likeness (QED) is 0.521. The molecule has 3 heterocycles. The number of nitrogens with zero attached hydrogens (tertiary/aromatic N) is 3. The average Bonchev–Trinajstić information content (AvgIpc) is 3.10. The Morgan fingerprint density at radius 2 is 1.85 bits per heavy atom. The Labute approximate surface area is 157 Å². The van der Waals surface area contributed by atoms with Crippen LogP contribution in [0, 0.1) is 0 Å². The molecule has 0 atom stereocenters. The van der Waals surface area contributed by atoms with Crippen molar-refractivity contribution in [3.8, 4) is 11.4 Å². The fourth-order valence-corrected chi connectivity index (χ4v) is 4.68. The predicted molar refractivity (Wildman–Crippen MR) is 107 cm³/mol. The maximum Gasteiger partial charge on any atom is 0.159 e. The lowest BCUT2D eigenvalue weighted by Gasteiger charge is -2.27. The van der Waals surface area contributed by atoms with Crippen LogP contribution in [0.25, 0.3) is 21.5 Å². The molecule has 2 aromatic heterocycles. The lowest BCUT2D eigenvalue weighted by Crippen LogP contribution is -2.30. The molecule has 0 radical (unpaired) electrons. The predicted octanol–water partition coefficient (Wildman–Crippen LogP) is 4.92. The maximum absolute atomic E-state index is 4.82. The fraction of sp³-hybridized carbons (Fsp3) is 0.182. The van der Waals surface area contributed by atoms with Crippen LogP contribution in [0.3, 0.4) is 0 Å². The largest absolute Gasteiger partial charge is 0.293 e. The van der Waals surface area contributed by atoms with Gasteiger partial charge in [-0.25, -0.2) is 9.97 Å². The first kappa shape index (κ1) is 15.7. The number of rotatable bonds is 3. The lowest BCUT2D eigenvalue weighted by molar-refractivity contribution is 0.245. The van der Waals surface area contributed by atoms with Gasteiger partial charge in [0, 0.05) is 53.0 Å². The second-order valence-electron chi connectivity index (χ2n) is 6.74. The summed E-state index contributed by atoms with van der Waals surface area (Å²) in [6.45, 7) is 2.98. The van der Waals surface area contributed by atoms with Crippen molar-refractivity contribution in [3.05, 3.63) is 83.0 Å². The van der Waals surface area contributed by atoms with Crippen LogP contribution >= 0.6 is 11.3 Å². The fourth-order valence-electron chi connectivity index (χ4n) is 3.57. The van der Waals surface area contributed by atoms with Gasteiger partial charge in [0.25, 0.3) is 0 Å². The molecule has 0 saturated heterocycles. The van der Waals surface area contributed by atoms with E-state index in [1.165, 1.54) is 26.2 Å². The van der Waals surface area contributed by atoms with E-state index in [1.807, 2.05) is 35.7 Å². The Bertz CT molecular complexity index is 1020. The van der Waals surface area contributed by atoms with Crippen molar-refractivity contribution < 1.29 is 0 Å². The highest BCUT2D eigenvalue weighted by Gasteiger charge is 2.19. The Balaban J connectivity index is 1.35. The summed E-state index contributed by atoms with van der Waals surface area (Å²) in [5, 5.41) is 1.35. The summed E-state index contributed by atoms with van der Waals surface area (Å²) in [6.07, 6.45) is 3.00. The zero-order chi connectivity index (χ0) is 17.3. The van der Waals surface area contributed by atoms with E-state index in [1.54, 1.807) is 0 Å². The molecular weight excluding hydrogens is 338 g/mol. The molecule has 0 fully saturated rings. The van der Waals surface area contributed by atoms with Gasteiger partial charge in [0.1, 0.15) is 0 Å². The van der Waals surface area contributed by atoms with Crippen molar-refractivity contribution in [1.82, 2.24) is 14.9 Å². The Kier molecular flexibility index (Phi) is 4.00. The summed E-state index contributed by atoms with van der Waals surface area (Å²) in [6, 6.07) is 21.2. The first-order chi connectivity index (χ1) is 12.8. The zero-order valence-corrected chi connectivity index (χ0v) is 15.2. The van der Waals surface area contributed by atoms with Crippen LogP contribution in [0.4, 0.5) is 0 Å². The molecule has 0 saturated carbocycles. The van der Waals surface area contributed by atoms with Crippen molar-refractivity contribution in [2.75, 3.05) is 6.54 Å². The standard InChI is InChI=1S/C22H19N3S/c1-2-6-16(7-3-1)22-23-13-18-14-25(11-10-20(18)24-22)15-19-12-17-8-4-5-9-21(17)26-19/h1-9,12-13H,10-11,14-15H2. The third-order valence-corrected chi connectivity index (χ3v) is 6.00. The van der Waals surface area contributed by atoms with Gasteiger partial charge in [-0.1, -0.05) is 48.5 Å². The number of hydrogen-bond donors (Lipinski definition) is 0. The summed E-state index contributed by atoms with van der Waals surface area (Å²) in [4.78, 5) is 13.4. The Hall–Kier alpha value is -2.56. The van der Waals surface area contributed by atoms with E-state index in [9.17, 15) is 0 Å². The molecule has 0 unspecified atom stereocenters. The molecule has 0 spiro atoms. The van der Waals surface area contributed by atoms with Gasteiger partial charge < -0.3 is 0 Å². The second-order valence-corrected chi connectivity index (χ2v) is 7.91. The second kappa shape index (κ2) is 6.63. The molecule has 0 bridgehead atoms. The molecule has 0 amide bonds. The zero-order valence-electron chi connectivity index (χ0n) is 14.4. The van der Waals surface area contributed by atoms with Crippen molar-refractivity contribution in [3.63, 3.8) is 0 Å². The molecule has 4 aromatic rings. The molecule has 5 rings (SSSR count). The molecule has 26 heavy (non-hydrogen) atoms. The van der Waals surface area contributed by atoms with E-state index >= 15 is 0 Å². The molecule has 2 aromatic carbocycles. The summed E-state index contributed by atoms with van der Waals surface area (Å²) < 4.78 is 1.37. The van der Waals surface area contributed by atoms with Gasteiger partial charge in [-0.15, -0.1) is 11.3 Å². The van der Waals surface area contributed by atoms with E-state index in [4.69, 9.17) is 4.98 Å². The molecule has 0 aliphatic carbocycles. The number of aromatic nitrogens is 2.